The zero-order chi connectivity index (χ0) is 22.9. The lowest BCUT2D eigenvalue weighted by Gasteiger charge is -2.51. The van der Waals surface area contributed by atoms with E-state index in [0.29, 0.717) is 11.6 Å². The maximum atomic E-state index is 13.4. The fraction of sp³-hybridized carbons (Fsp3) is 0.571. The number of allylic oxidation sites excluding steroid dienone is 4. The lowest BCUT2D eigenvalue weighted by Crippen LogP contribution is -2.50. The van der Waals surface area contributed by atoms with Gasteiger partial charge in [-0.05, 0) is 85.6 Å². The van der Waals surface area contributed by atoms with Crippen molar-refractivity contribution in [2.75, 3.05) is 14.2 Å². The van der Waals surface area contributed by atoms with Crippen molar-refractivity contribution in [3.8, 4) is 0 Å². The molecule has 172 valence electrons. The van der Waals surface area contributed by atoms with Crippen molar-refractivity contribution in [1.29, 1.82) is 0 Å². The molecule has 4 rings (SSSR count). The van der Waals surface area contributed by atoms with Gasteiger partial charge in [-0.1, -0.05) is 39.0 Å². The second-order valence-electron chi connectivity index (χ2n) is 10.1. The van der Waals surface area contributed by atoms with Gasteiger partial charge in [-0.15, -0.1) is 0 Å². The second-order valence-corrected chi connectivity index (χ2v) is 10.1. The first-order valence-corrected chi connectivity index (χ1v) is 12.2. The predicted molar refractivity (Wildman–Crippen MR) is 129 cm³/mol. The first kappa shape index (κ1) is 22.8. The molecule has 32 heavy (non-hydrogen) atoms. The third-order valence-electron chi connectivity index (χ3n) is 9.04. The van der Waals surface area contributed by atoms with Crippen LogP contribution in [0.25, 0.3) is 0 Å². The van der Waals surface area contributed by atoms with Crippen LogP contribution < -0.4 is 0 Å². The summed E-state index contributed by atoms with van der Waals surface area (Å²) in [5, 5.41) is 0. The molecule has 1 aromatic rings. The molecule has 0 aliphatic heterocycles. The van der Waals surface area contributed by atoms with Crippen LogP contribution in [0.1, 0.15) is 69.3 Å². The molecule has 2 bridgehead atoms. The van der Waals surface area contributed by atoms with E-state index in [-0.39, 0.29) is 22.8 Å². The van der Waals surface area contributed by atoms with Gasteiger partial charge in [-0.25, -0.2) is 0 Å². The Morgan fingerprint density at radius 1 is 1.38 bits per heavy atom. The van der Waals surface area contributed by atoms with Gasteiger partial charge in [-0.2, -0.15) is 0 Å². The van der Waals surface area contributed by atoms with E-state index in [2.05, 4.69) is 37.6 Å². The Kier molecular flexibility index (Phi) is 6.33. The van der Waals surface area contributed by atoms with Crippen LogP contribution in [0.5, 0.6) is 0 Å². The number of amides is 1. The van der Waals surface area contributed by atoms with Crippen molar-refractivity contribution in [3.05, 3.63) is 66.2 Å². The maximum absolute atomic E-state index is 13.4. The van der Waals surface area contributed by atoms with E-state index in [0.717, 1.165) is 30.9 Å². The number of methoxy groups -OCH3 is 1. The van der Waals surface area contributed by atoms with Crippen molar-refractivity contribution in [2.24, 2.45) is 22.7 Å². The Bertz CT molecular complexity index is 921. The van der Waals surface area contributed by atoms with Gasteiger partial charge in [0, 0.05) is 24.7 Å². The largest absolute Gasteiger partial charge is 0.497 e. The molecule has 5 atom stereocenters. The molecule has 3 aliphatic rings. The minimum absolute atomic E-state index is 0.0316. The quantitative estimate of drug-likeness (QED) is 0.362. The number of aromatic nitrogens is 1. The summed E-state index contributed by atoms with van der Waals surface area (Å²) >= 11 is 0. The van der Waals surface area contributed by atoms with Crippen LogP contribution in [0.3, 0.4) is 0 Å². The topological polar surface area (TPSA) is 42.4 Å². The maximum Gasteiger partial charge on any atom is 0.272 e. The van der Waals surface area contributed by atoms with Gasteiger partial charge < -0.3 is 9.64 Å². The van der Waals surface area contributed by atoms with E-state index >= 15 is 0 Å². The van der Waals surface area contributed by atoms with E-state index in [1.54, 1.807) is 19.4 Å². The van der Waals surface area contributed by atoms with Crippen LogP contribution in [-0.2, 0) is 4.74 Å². The van der Waals surface area contributed by atoms with Crippen LogP contribution in [0.15, 0.2) is 60.5 Å². The highest BCUT2D eigenvalue weighted by molar-refractivity contribution is 5.92. The minimum atomic E-state index is 0.0316. The minimum Gasteiger partial charge on any atom is -0.497 e. The highest BCUT2D eigenvalue weighted by Gasteiger charge is 2.67. The van der Waals surface area contributed by atoms with Crippen molar-refractivity contribution in [2.45, 2.75) is 64.8 Å². The van der Waals surface area contributed by atoms with Crippen LogP contribution in [0.4, 0.5) is 0 Å². The zero-order valence-corrected chi connectivity index (χ0v) is 20.1. The second kappa shape index (κ2) is 8.88. The average molecular weight is 435 g/mol. The van der Waals surface area contributed by atoms with E-state index < -0.39 is 0 Å². The Hall–Kier alpha value is -2.36. The number of nitrogens with zero attached hydrogens (tertiary/aromatic N) is 2. The lowest BCUT2D eigenvalue weighted by atomic mass is 9.54. The van der Waals surface area contributed by atoms with E-state index in [1.165, 1.54) is 31.3 Å². The molecule has 5 unspecified atom stereocenters. The average Bonchev–Trinajstić information content (AvgIpc) is 3.19. The molecule has 4 nitrogen and oxygen atoms in total. The molecule has 0 radical (unpaired) electrons. The van der Waals surface area contributed by atoms with E-state index in [9.17, 15) is 4.79 Å². The SMILES string of the molecule is C=C/C(=C\C1=CCC2CCC13C(C(CCC)N(C)C(=O)c1ccccn1)CCC23C)OC. The summed E-state index contributed by atoms with van der Waals surface area (Å²) in [4.78, 5) is 19.8. The highest BCUT2D eigenvalue weighted by Crippen LogP contribution is 2.74. The van der Waals surface area contributed by atoms with Gasteiger partial charge in [0.2, 0.25) is 0 Å². The van der Waals surface area contributed by atoms with Crippen molar-refractivity contribution in [3.63, 3.8) is 0 Å². The number of pyridine rings is 1. The van der Waals surface area contributed by atoms with Crippen LogP contribution in [0, 0.1) is 22.7 Å². The van der Waals surface area contributed by atoms with Gasteiger partial charge in [0.25, 0.3) is 5.91 Å². The lowest BCUT2D eigenvalue weighted by molar-refractivity contribution is 0.0301. The standard InChI is InChI=1S/C28H38N2O2/c1-6-10-25(30(4)26(31)24-11-8-9-18-29-24)23-15-16-27(3)20-12-13-21(19-22(7-2)32-5)28(23,27)17-14-20/h7-9,11,13,18-20,23,25H,2,6,10,12,14-17H2,1,3-5H3/b22-19+. The number of hydrogen-bond donors (Lipinski definition) is 0. The fourth-order valence-corrected chi connectivity index (χ4v) is 7.47. The first-order valence-electron chi connectivity index (χ1n) is 12.2. The van der Waals surface area contributed by atoms with Crippen LogP contribution in [-0.4, -0.2) is 36.0 Å². The first-order chi connectivity index (χ1) is 15.4. The molecule has 3 aliphatic carbocycles. The number of rotatable bonds is 8. The molecule has 0 saturated heterocycles. The predicted octanol–water partition coefficient (Wildman–Crippen LogP) is 6.18. The normalized spacial score (nSPS) is 32.1. The van der Waals surface area contributed by atoms with Gasteiger partial charge in [-0.3, -0.25) is 9.78 Å². The number of ether oxygens (including phenoxy) is 1. The zero-order valence-electron chi connectivity index (χ0n) is 20.1. The Balaban J connectivity index is 1.76. The summed E-state index contributed by atoms with van der Waals surface area (Å²) in [7, 11) is 3.71. The summed E-state index contributed by atoms with van der Waals surface area (Å²) < 4.78 is 5.60. The number of carbonyl (C=O) groups excluding carboxylic acids is 1. The molecule has 0 N–H and O–H groups in total. The Labute approximate surface area is 193 Å². The monoisotopic (exact) mass is 434 g/mol. The third-order valence-corrected chi connectivity index (χ3v) is 9.04. The third kappa shape index (κ3) is 3.34. The van der Waals surface area contributed by atoms with Gasteiger partial charge in [0.05, 0.1) is 7.11 Å². The van der Waals surface area contributed by atoms with Crippen molar-refractivity contribution in [1.82, 2.24) is 9.88 Å². The summed E-state index contributed by atoms with van der Waals surface area (Å²) in [6, 6.07) is 5.77. The number of hydrogen-bond acceptors (Lipinski definition) is 3. The van der Waals surface area contributed by atoms with Gasteiger partial charge in [0.1, 0.15) is 11.5 Å². The van der Waals surface area contributed by atoms with E-state index in [4.69, 9.17) is 4.74 Å². The summed E-state index contributed by atoms with van der Waals surface area (Å²) in [6.45, 7) is 8.70. The van der Waals surface area contributed by atoms with Crippen molar-refractivity contribution < 1.29 is 9.53 Å². The smallest absolute Gasteiger partial charge is 0.272 e. The molecule has 4 heteroatoms. The molecule has 1 aromatic heterocycles. The molecular formula is C28H38N2O2. The summed E-state index contributed by atoms with van der Waals surface area (Å²) in [5.41, 5.74) is 2.31. The molecule has 2 saturated carbocycles. The highest BCUT2D eigenvalue weighted by atomic mass is 16.5. The summed E-state index contributed by atoms with van der Waals surface area (Å²) in [5.74, 6) is 2.03. The Morgan fingerprint density at radius 2 is 2.19 bits per heavy atom. The molecule has 1 heterocycles. The van der Waals surface area contributed by atoms with Crippen molar-refractivity contribution >= 4 is 5.91 Å². The molecule has 0 spiro atoms. The number of carbonyl (C=O) groups is 1. The molecule has 0 aromatic carbocycles. The fourth-order valence-electron chi connectivity index (χ4n) is 7.47. The van der Waals surface area contributed by atoms with Crippen LogP contribution in [0.2, 0.25) is 0 Å². The van der Waals surface area contributed by atoms with Gasteiger partial charge in [0.15, 0.2) is 0 Å². The molecular weight excluding hydrogens is 396 g/mol. The van der Waals surface area contributed by atoms with Crippen LogP contribution >= 0.6 is 0 Å². The van der Waals surface area contributed by atoms with Gasteiger partial charge >= 0.3 is 0 Å². The molecule has 1 amide bonds. The van der Waals surface area contributed by atoms with E-state index in [1.807, 2.05) is 30.1 Å². The molecule has 2 fully saturated rings. The summed E-state index contributed by atoms with van der Waals surface area (Å²) in [6.07, 6.45) is 16.3. The Morgan fingerprint density at radius 3 is 2.84 bits per heavy atom.